The van der Waals surface area contributed by atoms with Gasteiger partial charge in [0, 0.05) is 0 Å². The van der Waals surface area contributed by atoms with E-state index in [1.807, 2.05) is 0 Å². The van der Waals surface area contributed by atoms with Gasteiger partial charge in [0.15, 0.2) is 0 Å². The third kappa shape index (κ3) is 0.316. The van der Waals surface area contributed by atoms with Gasteiger partial charge in [-0.1, -0.05) is 0 Å². The Bertz CT molecular complexity index is 66.1. The van der Waals surface area contributed by atoms with E-state index in [0.717, 1.165) is 0 Å². The summed E-state index contributed by atoms with van der Waals surface area (Å²) in [5, 5.41) is 3.24. The van der Waals surface area contributed by atoms with Crippen molar-refractivity contribution in [1.82, 2.24) is 9.96 Å². The first-order chi connectivity index (χ1) is 2.50. The monoisotopic (exact) mass is 68.0 g/mol. The minimum atomic E-state index is 1.26. The van der Waals surface area contributed by atoms with Crippen LogP contribution in [0.3, 0.4) is 0 Å². The molecule has 0 bridgehead atoms. The molecule has 0 atom stereocenters. The Balaban J connectivity index is 3.13. The second-order valence-electron chi connectivity index (χ2n) is 0.581. The van der Waals surface area contributed by atoms with E-state index in [2.05, 4.69) is 14.5 Å². The zero-order chi connectivity index (χ0) is 3.54. The van der Waals surface area contributed by atoms with Crippen LogP contribution in [0.1, 0.15) is 0 Å². The van der Waals surface area contributed by atoms with Crippen LogP contribution in [0.2, 0.25) is 0 Å². The number of aromatic nitrogens is 2. The molecule has 0 saturated carbocycles. The zero-order valence-corrected chi connectivity index (χ0v) is 2.46. The predicted octanol–water partition coefficient (Wildman–Crippen LogP) is -0.592. The fourth-order valence-electron chi connectivity index (χ4n) is 0.136. The van der Waals surface area contributed by atoms with Gasteiger partial charge in [0.2, 0.25) is 0 Å². The van der Waals surface area contributed by atoms with Gasteiger partial charge in [-0.05, 0) is 0 Å². The van der Waals surface area contributed by atoms with Gasteiger partial charge in [0.25, 0.3) is 0 Å². The van der Waals surface area contributed by atoms with Gasteiger partial charge in [-0.25, -0.2) is 0 Å². The van der Waals surface area contributed by atoms with Crippen molar-refractivity contribution in [2.24, 2.45) is 0 Å². The van der Waals surface area contributed by atoms with Gasteiger partial charge in [-0.2, -0.15) is 0 Å². The Labute approximate surface area is 29.3 Å². The van der Waals surface area contributed by atoms with Crippen LogP contribution in [0.5, 0.6) is 0 Å². The number of hydrogen-bond donors (Lipinski definition) is 0. The molecule has 0 spiro atoms. The maximum absolute atomic E-state index is 4.22. The average molecular weight is 67.8 g/mol. The maximum atomic E-state index is 4.22. The van der Waals surface area contributed by atoms with Gasteiger partial charge < -0.3 is 0 Å². The molecule has 1 rings (SSSR count). The Kier molecular flexibility index (Phi) is 0.496. The van der Waals surface area contributed by atoms with E-state index in [4.69, 9.17) is 0 Å². The summed E-state index contributed by atoms with van der Waals surface area (Å²) in [4.78, 5) is 3.44. The molecule has 0 saturated heterocycles. The van der Waals surface area contributed by atoms with Crippen LogP contribution in [0.25, 0.3) is 0 Å². The molecule has 0 N–H and O–H groups in total. The van der Waals surface area contributed by atoms with Crippen LogP contribution >= 0.6 is 0 Å². The van der Waals surface area contributed by atoms with Crippen molar-refractivity contribution in [2.45, 2.75) is 0 Å². The molecule has 0 fully saturated rings. The molecule has 0 aliphatic carbocycles. The Morgan fingerprint density at radius 2 is 2.80 bits per heavy atom. The van der Waals surface area contributed by atoms with Crippen molar-refractivity contribution < 1.29 is 4.52 Å². The second-order valence-corrected chi connectivity index (χ2v) is 0.581. The Morgan fingerprint density at radius 1 is 1.80 bits per heavy atom. The van der Waals surface area contributed by atoms with Gasteiger partial charge in [-0.15, -0.1) is 0 Å². The molecule has 24 valence electrons. The summed E-state index contributed by atoms with van der Waals surface area (Å²) in [5.74, 6) is 0. The normalized spacial score (nSPS) is 7.20. The first-order valence-corrected chi connectivity index (χ1v) is 1.19. The first kappa shape index (κ1) is 2.57. The summed E-state index contributed by atoms with van der Waals surface area (Å²) in [5.41, 5.74) is 0. The second kappa shape index (κ2) is 0.968. The van der Waals surface area contributed by atoms with Crippen LogP contribution < -0.4 is 0 Å². The molecule has 0 amide bonds. The van der Waals surface area contributed by atoms with Crippen LogP contribution in [0, 0.1) is 0 Å². The molecule has 1 aromatic rings. The van der Waals surface area contributed by atoms with E-state index >= 15 is 0 Å². The SMILES string of the molecule is b1ncon1. The summed E-state index contributed by atoms with van der Waals surface area (Å²) < 4.78 is 4.22. The van der Waals surface area contributed by atoms with Crippen molar-refractivity contribution in [3.8, 4) is 0 Å². The van der Waals surface area contributed by atoms with Crippen LogP contribution in [-0.2, 0) is 0 Å². The van der Waals surface area contributed by atoms with E-state index in [1.54, 1.807) is 0 Å². The number of nitrogens with zero attached hydrogens (tertiary/aromatic N) is 2. The van der Waals surface area contributed by atoms with E-state index in [1.165, 1.54) is 13.6 Å². The van der Waals surface area contributed by atoms with E-state index < -0.39 is 0 Å². The fourth-order valence-corrected chi connectivity index (χ4v) is 0.136. The third-order valence-electron chi connectivity index (χ3n) is 0.283. The molecule has 0 aromatic carbocycles. The molecule has 5 heavy (non-hydrogen) atoms. The minimum absolute atomic E-state index is 1.26. The van der Waals surface area contributed by atoms with Gasteiger partial charge >= 0.3 is 28.1 Å². The summed E-state index contributed by atoms with van der Waals surface area (Å²) in [6, 6.07) is 0. The zero-order valence-electron chi connectivity index (χ0n) is 2.46. The summed E-state index contributed by atoms with van der Waals surface area (Å²) in [7, 11) is 1.33. The quantitative estimate of drug-likeness (QED) is 0.407. The van der Waals surface area contributed by atoms with Crippen LogP contribution in [-0.4, -0.2) is 17.2 Å². The fraction of sp³-hybridized carbons (Fsp3) is 0. The van der Waals surface area contributed by atoms with E-state index in [9.17, 15) is 0 Å². The predicted molar refractivity (Wildman–Crippen MR) is 15.6 cm³/mol. The summed E-state index contributed by atoms with van der Waals surface area (Å²) >= 11 is 0. The van der Waals surface area contributed by atoms with Crippen molar-refractivity contribution in [2.75, 3.05) is 0 Å². The Morgan fingerprint density at radius 3 is 3.00 bits per heavy atom. The van der Waals surface area contributed by atoms with E-state index in [0.29, 0.717) is 0 Å². The van der Waals surface area contributed by atoms with Crippen molar-refractivity contribution in [3.05, 3.63) is 6.39 Å². The first-order valence-electron chi connectivity index (χ1n) is 1.19. The molecule has 0 aliphatic heterocycles. The standard InChI is InChI=1S/CHBN2O/c1-3-2-4-5-1/h1H. The molecular weight excluding hydrogens is 66.8 g/mol. The molecule has 4 heteroatoms. The van der Waals surface area contributed by atoms with Gasteiger partial charge in [-0.3, -0.25) is 0 Å². The molecule has 0 aliphatic rings. The van der Waals surface area contributed by atoms with Crippen LogP contribution in [0.4, 0.5) is 0 Å². The summed E-state index contributed by atoms with van der Waals surface area (Å²) in [6.07, 6.45) is 1.26. The molecule has 1 aromatic heterocycles. The van der Waals surface area contributed by atoms with Crippen molar-refractivity contribution in [3.63, 3.8) is 0 Å². The average Bonchev–Trinajstić information content (AvgIpc) is 1.76. The van der Waals surface area contributed by atoms with Gasteiger partial charge in [0.05, 0.1) is 0 Å². The molecule has 3 nitrogen and oxygen atoms in total. The number of rotatable bonds is 0. The Hall–Kier alpha value is -0.665. The van der Waals surface area contributed by atoms with Crippen LogP contribution in [0.15, 0.2) is 10.9 Å². The number of hydrogen-bond acceptors (Lipinski definition) is 3. The molecule has 0 unspecified atom stereocenters. The topological polar surface area (TPSA) is 38.9 Å². The molecule has 1 heterocycles. The summed E-state index contributed by atoms with van der Waals surface area (Å²) in [6.45, 7) is 0. The molecule has 0 radical (unpaired) electrons. The van der Waals surface area contributed by atoms with Crippen molar-refractivity contribution in [1.29, 1.82) is 0 Å². The van der Waals surface area contributed by atoms with Gasteiger partial charge in [0.1, 0.15) is 0 Å². The van der Waals surface area contributed by atoms with Crippen molar-refractivity contribution >= 4 is 7.19 Å². The molecular formula is CHBN2O. The third-order valence-corrected chi connectivity index (χ3v) is 0.283. The van der Waals surface area contributed by atoms with E-state index in [-0.39, 0.29) is 0 Å².